The molecule has 2 fully saturated rings. The van der Waals surface area contributed by atoms with Gasteiger partial charge in [0.15, 0.2) is 0 Å². The molecule has 1 N–H and O–H groups in total. The van der Waals surface area contributed by atoms with Gasteiger partial charge in [0.05, 0.1) is 6.61 Å². The summed E-state index contributed by atoms with van der Waals surface area (Å²) >= 11 is 0. The number of fused-ring (bicyclic) bond motifs is 1. The van der Waals surface area contributed by atoms with Gasteiger partial charge in [-0.25, -0.2) is 4.79 Å². The molecule has 3 amide bonds. The molecule has 2 aliphatic rings. The lowest BCUT2D eigenvalue weighted by Crippen LogP contribution is -2.52. The quantitative estimate of drug-likeness (QED) is 0.819. The number of nitrogens with zero attached hydrogens (tertiary/aromatic N) is 2. The second-order valence-corrected chi connectivity index (χ2v) is 7.74. The van der Waals surface area contributed by atoms with Gasteiger partial charge in [-0.15, -0.1) is 0 Å². The van der Waals surface area contributed by atoms with Crippen molar-refractivity contribution in [1.29, 1.82) is 0 Å². The second kappa shape index (κ2) is 7.59. The minimum absolute atomic E-state index is 0.110. The van der Waals surface area contributed by atoms with Crippen molar-refractivity contribution in [2.75, 3.05) is 20.2 Å². The predicted molar refractivity (Wildman–Crippen MR) is 90.7 cm³/mol. The summed E-state index contributed by atoms with van der Waals surface area (Å²) in [7, 11) is 1.49. The average Bonchev–Trinajstić information content (AvgIpc) is 2.76. The molecule has 25 heavy (non-hydrogen) atoms. The van der Waals surface area contributed by atoms with E-state index in [0.29, 0.717) is 13.0 Å². The van der Waals surface area contributed by atoms with E-state index in [4.69, 9.17) is 9.47 Å². The summed E-state index contributed by atoms with van der Waals surface area (Å²) in [5.74, 6) is -0.502. The van der Waals surface area contributed by atoms with Crippen LogP contribution in [0.4, 0.5) is 4.79 Å². The Balaban J connectivity index is 1.91. The third kappa shape index (κ3) is 5.07. The highest BCUT2D eigenvalue weighted by molar-refractivity contribution is 5.90. The minimum Gasteiger partial charge on any atom is -0.444 e. The lowest BCUT2D eigenvalue weighted by Gasteiger charge is -2.29. The summed E-state index contributed by atoms with van der Waals surface area (Å²) in [6, 6.07) is -0.510. The standard InChI is InChI=1S/C17H29N3O5/c1-11-6-7-14-20(11)15(22)12(8-9-24-14)18-13(21)10-19(5)16(23)25-17(2,3)4/h11-12,14H,6-10H2,1-5H3,(H,18,21)/t11-,12-,14-/m0/s1. The Morgan fingerprint density at radius 1 is 1.32 bits per heavy atom. The van der Waals surface area contributed by atoms with Crippen LogP contribution in [0.5, 0.6) is 0 Å². The van der Waals surface area contributed by atoms with Gasteiger partial charge < -0.3 is 24.6 Å². The summed E-state index contributed by atoms with van der Waals surface area (Å²) in [6.07, 6.45) is 1.40. The van der Waals surface area contributed by atoms with E-state index >= 15 is 0 Å². The summed E-state index contributed by atoms with van der Waals surface area (Å²) in [6.45, 7) is 7.52. The summed E-state index contributed by atoms with van der Waals surface area (Å²) < 4.78 is 10.9. The van der Waals surface area contributed by atoms with Crippen molar-refractivity contribution in [2.24, 2.45) is 0 Å². The van der Waals surface area contributed by atoms with Crippen molar-refractivity contribution >= 4 is 17.9 Å². The van der Waals surface area contributed by atoms with Crippen LogP contribution < -0.4 is 5.32 Å². The zero-order valence-corrected chi connectivity index (χ0v) is 15.7. The molecule has 142 valence electrons. The van der Waals surface area contributed by atoms with Crippen molar-refractivity contribution in [3.8, 4) is 0 Å². The van der Waals surface area contributed by atoms with E-state index < -0.39 is 23.6 Å². The zero-order valence-electron chi connectivity index (χ0n) is 15.7. The van der Waals surface area contributed by atoms with Gasteiger partial charge >= 0.3 is 6.09 Å². The molecule has 2 rings (SSSR count). The first-order valence-electron chi connectivity index (χ1n) is 8.76. The first kappa shape index (κ1) is 19.5. The van der Waals surface area contributed by atoms with E-state index in [-0.39, 0.29) is 24.7 Å². The van der Waals surface area contributed by atoms with Gasteiger partial charge in [-0.1, -0.05) is 0 Å². The SMILES string of the molecule is C[C@H]1CC[C@@H]2OCC[C@H](NC(=O)CN(C)C(=O)OC(C)(C)C)C(=O)N21. The molecule has 0 bridgehead atoms. The predicted octanol–water partition coefficient (Wildman–Crippen LogP) is 1.10. The highest BCUT2D eigenvalue weighted by atomic mass is 16.6. The molecule has 8 heteroatoms. The lowest BCUT2D eigenvalue weighted by molar-refractivity contribution is -0.143. The van der Waals surface area contributed by atoms with Gasteiger partial charge in [0.1, 0.15) is 24.4 Å². The molecule has 2 saturated heterocycles. The maximum atomic E-state index is 12.7. The Kier molecular flexibility index (Phi) is 5.92. The maximum Gasteiger partial charge on any atom is 0.410 e. The number of nitrogens with one attached hydrogen (secondary N) is 1. The molecule has 0 aromatic rings. The molecule has 0 aromatic heterocycles. The number of likely N-dealkylation sites (N-methyl/N-ethyl adjacent to an activating group) is 1. The third-order valence-corrected chi connectivity index (χ3v) is 4.31. The first-order chi connectivity index (χ1) is 11.6. The van der Waals surface area contributed by atoms with Gasteiger partial charge in [0.2, 0.25) is 11.8 Å². The van der Waals surface area contributed by atoms with Crippen LogP contribution in [0.2, 0.25) is 0 Å². The Morgan fingerprint density at radius 3 is 2.64 bits per heavy atom. The lowest BCUT2D eigenvalue weighted by atomic mass is 10.1. The number of rotatable bonds is 3. The first-order valence-corrected chi connectivity index (χ1v) is 8.76. The maximum absolute atomic E-state index is 12.7. The number of ether oxygens (including phenoxy) is 2. The number of carbonyl (C=O) groups is 3. The van der Waals surface area contributed by atoms with Gasteiger partial charge in [0.25, 0.3) is 0 Å². The van der Waals surface area contributed by atoms with E-state index in [0.717, 1.165) is 12.8 Å². The number of amides is 3. The fourth-order valence-electron chi connectivity index (χ4n) is 3.09. The monoisotopic (exact) mass is 355 g/mol. The number of hydrogen-bond acceptors (Lipinski definition) is 5. The Morgan fingerprint density at radius 2 is 2.00 bits per heavy atom. The molecule has 0 saturated carbocycles. The molecule has 0 aromatic carbocycles. The molecule has 2 heterocycles. The highest BCUT2D eigenvalue weighted by Gasteiger charge is 2.40. The average molecular weight is 355 g/mol. The van der Waals surface area contributed by atoms with Crippen LogP contribution in [-0.2, 0) is 19.1 Å². The molecular weight excluding hydrogens is 326 g/mol. The minimum atomic E-state index is -0.628. The molecule has 0 aliphatic carbocycles. The third-order valence-electron chi connectivity index (χ3n) is 4.31. The van der Waals surface area contributed by atoms with Crippen LogP contribution in [0, 0.1) is 0 Å². The Hall–Kier alpha value is -1.83. The van der Waals surface area contributed by atoms with Crippen molar-refractivity contribution in [3.63, 3.8) is 0 Å². The van der Waals surface area contributed by atoms with Crippen molar-refractivity contribution in [2.45, 2.75) is 70.9 Å². The number of carbonyl (C=O) groups excluding carboxylic acids is 3. The van der Waals surface area contributed by atoms with Gasteiger partial charge in [-0.05, 0) is 40.5 Å². The fraction of sp³-hybridized carbons (Fsp3) is 0.824. The number of hydrogen-bond donors (Lipinski definition) is 1. The van der Waals surface area contributed by atoms with Gasteiger partial charge in [-0.3, -0.25) is 9.59 Å². The zero-order chi connectivity index (χ0) is 18.8. The van der Waals surface area contributed by atoms with E-state index in [1.54, 1.807) is 25.7 Å². The van der Waals surface area contributed by atoms with Crippen molar-refractivity contribution in [1.82, 2.24) is 15.1 Å². The molecule has 3 atom stereocenters. The molecular formula is C17H29N3O5. The Labute approximate surface area is 148 Å². The van der Waals surface area contributed by atoms with Crippen LogP contribution in [-0.4, -0.2) is 71.8 Å². The molecule has 0 radical (unpaired) electrons. The van der Waals surface area contributed by atoms with Gasteiger partial charge in [0, 0.05) is 19.5 Å². The topological polar surface area (TPSA) is 88.2 Å². The van der Waals surface area contributed by atoms with Crippen LogP contribution in [0.25, 0.3) is 0 Å². The van der Waals surface area contributed by atoms with Crippen molar-refractivity contribution < 1.29 is 23.9 Å². The molecule has 0 spiro atoms. The van der Waals surface area contributed by atoms with E-state index in [1.165, 1.54) is 11.9 Å². The second-order valence-electron chi connectivity index (χ2n) is 7.74. The van der Waals surface area contributed by atoms with Crippen molar-refractivity contribution in [3.05, 3.63) is 0 Å². The molecule has 8 nitrogen and oxygen atoms in total. The fourth-order valence-corrected chi connectivity index (χ4v) is 3.09. The normalized spacial score (nSPS) is 26.7. The highest BCUT2D eigenvalue weighted by Crippen LogP contribution is 2.28. The van der Waals surface area contributed by atoms with E-state index in [9.17, 15) is 14.4 Å². The summed E-state index contributed by atoms with van der Waals surface area (Å²) in [5, 5.41) is 2.73. The largest absolute Gasteiger partial charge is 0.444 e. The molecule has 2 aliphatic heterocycles. The van der Waals surface area contributed by atoms with E-state index in [2.05, 4.69) is 5.32 Å². The van der Waals surface area contributed by atoms with Crippen LogP contribution in [0.3, 0.4) is 0 Å². The van der Waals surface area contributed by atoms with Crippen LogP contribution in [0.1, 0.15) is 47.0 Å². The van der Waals surface area contributed by atoms with Crippen LogP contribution >= 0.6 is 0 Å². The van der Waals surface area contributed by atoms with E-state index in [1.807, 2.05) is 6.92 Å². The Bertz CT molecular complexity index is 531. The molecule has 0 unspecified atom stereocenters. The summed E-state index contributed by atoms with van der Waals surface area (Å²) in [5.41, 5.74) is -0.628. The smallest absolute Gasteiger partial charge is 0.410 e. The summed E-state index contributed by atoms with van der Waals surface area (Å²) in [4.78, 5) is 39.8. The van der Waals surface area contributed by atoms with Gasteiger partial charge in [-0.2, -0.15) is 0 Å². The van der Waals surface area contributed by atoms with Crippen LogP contribution in [0.15, 0.2) is 0 Å².